The second-order valence-electron chi connectivity index (χ2n) is 6.17. The summed E-state index contributed by atoms with van der Waals surface area (Å²) in [5.41, 5.74) is 2.38. The molecular formula is C21H23N3O5S. The number of nitro benzene ring substituents is 1. The maximum absolute atomic E-state index is 12.5. The van der Waals surface area contributed by atoms with Gasteiger partial charge in [0.25, 0.3) is 0 Å². The number of nitrogens with zero attached hydrogens (tertiary/aromatic N) is 3. The van der Waals surface area contributed by atoms with Crippen LogP contribution in [0.25, 0.3) is 16.4 Å². The number of nitro groups is 1. The number of rotatable bonds is 5. The SMILES string of the molecule is CC.CCOC(=O)c1nc(-c2cccs2)n2c1CCc1cc(OC)c([N+](=O)[O-])cc1-2. The monoisotopic (exact) mass is 429 g/mol. The molecule has 0 aliphatic carbocycles. The van der Waals surface area contributed by atoms with Gasteiger partial charge in [-0.25, -0.2) is 9.78 Å². The first-order valence-corrected chi connectivity index (χ1v) is 10.6. The Morgan fingerprint density at radius 3 is 2.70 bits per heavy atom. The summed E-state index contributed by atoms with van der Waals surface area (Å²) < 4.78 is 12.2. The zero-order valence-electron chi connectivity index (χ0n) is 17.3. The van der Waals surface area contributed by atoms with Gasteiger partial charge in [-0.2, -0.15) is 0 Å². The summed E-state index contributed by atoms with van der Waals surface area (Å²) in [7, 11) is 1.41. The molecule has 158 valence electrons. The number of carbonyl (C=O) groups is 1. The Morgan fingerprint density at radius 1 is 1.33 bits per heavy atom. The molecule has 0 fully saturated rings. The Bertz CT molecular complexity index is 1070. The minimum absolute atomic E-state index is 0.127. The number of methoxy groups -OCH3 is 1. The number of esters is 1. The van der Waals surface area contributed by atoms with Gasteiger partial charge in [-0.15, -0.1) is 11.3 Å². The lowest BCUT2D eigenvalue weighted by molar-refractivity contribution is -0.385. The van der Waals surface area contributed by atoms with Gasteiger partial charge in [-0.05, 0) is 42.8 Å². The number of fused-ring (bicyclic) bond motifs is 3. The summed E-state index contributed by atoms with van der Waals surface area (Å²) in [6, 6.07) is 6.98. The van der Waals surface area contributed by atoms with Gasteiger partial charge in [0, 0.05) is 6.07 Å². The van der Waals surface area contributed by atoms with E-state index in [9.17, 15) is 14.9 Å². The molecule has 9 heteroatoms. The van der Waals surface area contributed by atoms with Crippen molar-refractivity contribution in [2.24, 2.45) is 0 Å². The lowest BCUT2D eigenvalue weighted by Crippen LogP contribution is -2.16. The van der Waals surface area contributed by atoms with Crippen LogP contribution in [0.15, 0.2) is 29.6 Å². The number of hydrogen-bond donors (Lipinski definition) is 0. The van der Waals surface area contributed by atoms with Gasteiger partial charge in [0.2, 0.25) is 0 Å². The van der Waals surface area contributed by atoms with Gasteiger partial charge >= 0.3 is 11.7 Å². The molecule has 0 bridgehead atoms. The molecule has 1 aliphatic heterocycles. The van der Waals surface area contributed by atoms with Crippen LogP contribution in [0.5, 0.6) is 5.75 Å². The second kappa shape index (κ2) is 9.08. The minimum atomic E-state index is -0.486. The van der Waals surface area contributed by atoms with Crippen molar-refractivity contribution in [2.45, 2.75) is 33.6 Å². The number of imidazole rings is 1. The Hall–Kier alpha value is -3.20. The fourth-order valence-corrected chi connectivity index (χ4v) is 4.15. The van der Waals surface area contributed by atoms with E-state index in [0.717, 1.165) is 10.4 Å². The van der Waals surface area contributed by atoms with Gasteiger partial charge in [0.1, 0.15) is 0 Å². The highest BCUT2D eigenvalue weighted by Crippen LogP contribution is 2.39. The molecule has 0 atom stereocenters. The first-order chi connectivity index (χ1) is 14.5. The largest absolute Gasteiger partial charge is 0.490 e. The molecule has 2 aromatic heterocycles. The molecular weight excluding hydrogens is 406 g/mol. The molecule has 4 rings (SSSR count). The van der Waals surface area contributed by atoms with Gasteiger partial charge in [-0.3, -0.25) is 14.7 Å². The van der Waals surface area contributed by atoms with Crippen molar-refractivity contribution < 1.29 is 19.2 Å². The summed E-state index contributed by atoms with van der Waals surface area (Å²) in [6.45, 7) is 5.99. The van der Waals surface area contributed by atoms with E-state index >= 15 is 0 Å². The quantitative estimate of drug-likeness (QED) is 0.328. The first-order valence-electron chi connectivity index (χ1n) is 9.73. The summed E-state index contributed by atoms with van der Waals surface area (Å²) in [4.78, 5) is 28.9. The number of aryl methyl sites for hydroxylation is 1. The molecule has 0 radical (unpaired) electrons. The van der Waals surface area contributed by atoms with E-state index in [1.54, 1.807) is 13.0 Å². The van der Waals surface area contributed by atoms with Crippen molar-refractivity contribution in [1.29, 1.82) is 0 Å². The third kappa shape index (κ3) is 3.68. The highest BCUT2D eigenvalue weighted by molar-refractivity contribution is 7.13. The smallest absolute Gasteiger partial charge is 0.358 e. The van der Waals surface area contributed by atoms with Crippen LogP contribution < -0.4 is 4.74 Å². The van der Waals surface area contributed by atoms with Gasteiger partial charge in [0.05, 0.1) is 34.9 Å². The van der Waals surface area contributed by atoms with Crippen LogP contribution >= 0.6 is 11.3 Å². The molecule has 3 aromatic rings. The topological polar surface area (TPSA) is 96.5 Å². The van der Waals surface area contributed by atoms with E-state index in [0.29, 0.717) is 30.0 Å². The van der Waals surface area contributed by atoms with E-state index in [1.807, 2.05) is 35.9 Å². The first kappa shape index (κ1) is 21.5. The number of benzene rings is 1. The lowest BCUT2D eigenvalue weighted by Gasteiger charge is -2.21. The van der Waals surface area contributed by atoms with Crippen LogP contribution in [0, 0.1) is 10.1 Å². The molecule has 0 saturated heterocycles. The molecule has 0 saturated carbocycles. The van der Waals surface area contributed by atoms with E-state index in [4.69, 9.17) is 9.47 Å². The summed E-state index contributed by atoms with van der Waals surface area (Å²) in [6.07, 6.45) is 1.19. The van der Waals surface area contributed by atoms with E-state index in [2.05, 4.69) is 4.98 Å². The number of ether oxygens (including phenoxy) is 2. The van der Waals surface area contributed by atoms with Crippen LogP contribution in [0.2, 0.25) is 0 Å². The molecule has 0 N–H and O–H groups in total. The predicted octanol–water partition coefficient (Wildman–Crippen LogP) is 4.82. The van der Waals surface area contributed by atoms with Crippen LogP contribution in [-0.4, -0.2) is 34.2 Å². The number of aromatic nitrogens is 2. The molecule has 1 aromatic carbocycles. The standard InChI is InChI=1S/C19H17N3O5S.C2H6/c1-3-27-19(23)17-12-7-6-11-9-15(26-2)14(22(24)25)10-13(11)21(12)18(20-17)16-5-4-8-28-16;1-2/h4-5,8-10H,3,6-7H2,1-2H3;1-2H3. The second-order valence-corrected chi connectivity index (χ2v) is 7.12. The van der Waals surface area contributed by atoms with E-state index in [-0.39, 0.29) is 23.7 Å². The lowest BCUT2D eigenvalue weighted by atomic mass is 9.99. The van der Waals surface area contributed by atoms with E-state index < -0.39 is 10.9 Å². The Labute approximate surface area is 178 Å². The Kier molecular flexibility index (Phi) is 6.51. The maximum atomic E-state index is 12.5. The maximum Gasteiger partial charge on any atom is 0.358 e. The molecule has 0 unspecified atom stereocenters. The summed E-state index contributed by atoms with van der Waals surface area (Å²) >= 11 is 1.49. The molecule has 8 nitrogen and oxygen atoms in total. The van der Waals surface area contributed by atoms with Crippen LogP contribution in [0.3, 0.4) is 0 Å². The fraction of sp³-hybridized carbons (Fsp3) is 0.333. The normalized spacial score (nSPS) is 11.6. The average Bonchev–Trinajstić information content (AvgIpc) is 3.42. The van der Waals surface area contributed by atoms with Crippen molar-refractivity contribution in [3.8, 4) is 22.1 Å². The van der Waals surface area contributed by atoms with Crippen LogP contribution in [0.1, 0.15) is 42.5 Å². The van der Waals surface area contributed by atoms with Crippen molar-refractivity contribution in [2.75, 3.05) is 13.7 Å². The van der Waals surface area contributed by atoms with Gasteiger partial charge in [0.15, 0.2) is 17.3 Å². The molecule has 1 aliphatic rings. The molecule has 30 heavy (non-hydrogen) atoms. The summed E-state index contributed by atoms with van der Waals surface area (Å²) in [5.74, 6) is 0.310. The van der Waals surface area contributed by atoms with Crippen molar-refractivity contribution in [3.63, 3.8) is 0 Å². The van der Waals surface area contributed by atoms with Crippen molar-refractivity contribution in [3.05, 3.63) is 56.7 Å². The highest BCUT2D eigenvalue weighted by Gasteiger charge is 2.31. The van der Waals surface area contributed by atoms with Gasteiger partial charge < -0.3 is 9.47 Å². The highest BCUT2D eigenvalue weighted by atomic mass is 32.1. The Balaban J connectivity index is 0.00000124. The number of hydrogen-bond acceptors (Lipinski definition) is 7. The third-order valence-electron chi connectivity index (χ3n) is 4.63. The van der Waals surface area contributed by atoms with Gasteiger partial charge in [-0.1, -0.05) is 19.9 Å². The molecule has 0 spiro atoms. The van der Waals surface area contributed by atoms with Crippen molar-refractivity contribution >= 4 is 23.0 Å². The van der Waals surface area contributed by atoms with E-state index in [1.165, 1.54) is 24.5 Å². The Morgan fingerprint density at radius 2 is 2.10 bits per heavy atom. The van der Waals surface area contributed by atoms with Crippen LogP contribution in [-0.2, 0) is 17.6 Å². The number of carbonyl (C=O) groups excluding carboxylic acids is 1. The zero-order valence-corrected chi connectivity index (χ0v) is 18.1. The number of thiophene rings is 1. The minimum Gasteiger partial charge on any atom is -0.490 e. The average molecular weight is 429 g/mol. The van der Waals surface area contributed by atoms with Crippen molar-refractivity contribution in [1.82, 2.24) is 9.55 Å². The fourth-order valence-electron chi connectivity index (χ4n) is 3.44. The molecule has 0 amide bonds. The molecule has 3 heterocycles. The zero-order chi connectivity index (χ0) is 21.8. The summed E-state index contributed by atoms with van der Waals surface area (Å²) in [5, 5.41) is 13.4. The third-order valence-corrected chi connectivity index (χ3v) is 5.50. The predicted molar refractivity (Wildman–Crippen MR) is 115 cm³/mol. The van der Waals surface area contributed by atoms with Crippen LogP contribution in [0.4, 0.5) is 5.69 Å².